The molecule has 0 amide bonds. The zero-order chi connectivity index (χ0) is 17.5. The first-order chi connectivity index (χ1) is 11.3. The molecule has 8 heteroatoms. The molecule has 0 saturated carbocycles. The monoisotopic (exact) mass is 382 g/mol. The molecule has 0 atom stereocenters. The fraction of sp³-hybridized carbons (Fsp3) is 0.188. The van der Waals surface area contributed by atoms with Crippen molar-refractivity contribution in [3.63, 3.8) is 0 Å². The molecule has 24 heavy (non-hydrogen) atoms. The Morgan fingerprint density at radius 3 is 2.54 bits per heavy atom. The molecule has 3 rings (SSSR count). The minimum absolute atomic E-state index is 0.149. The quantitative estimate of drug-likeness (QED) is 0.696. The highest BCUT2D eigenvalue weighted by Crippen LogP contribution is 2.25. The topological polar surface area (TPSA) is 59.4 Å². The van der Waals surface area contributed by atoms with Crippen molar-refractivity contribution in [3.8, 4) is 0 Å². The fourth-order valence-electron chi connectivity index (χ4n) is 2.36. The summed E-state index contributed by atoms with van der Waals surface area (Å²) in [4.78, 5) is 12.4. The lowest BCUT2D eigenvalue weighted by molar-refractivity contribution is 0.521. The van der Waals surface area contributed by atoms with Gasteiger partial charge >= 0.3 is 4.87 Å². The highest BCUT2D eigenvalue weighted by Gasteiger charge is 2.19. The minimum Gasteiger partial charge on any atom is -0.294 e. The molecule has 126 valence electrons. The smallest absolute Gasteiger partial charge is 0.294 e. The molecular formula is C16H15ClN2O3S2. The number of hydrogen-bond acceptors (Lipinski definition) is 4. The molecule has 0 spiro atoms. The van der Waals surface area contributed by atoms with Gasteiger partial charge in [0.1, 0.15) is 0 Å². The Labute approximate surface area is 148 Å². The van der Waals surface area contributed by atoms with Crippen molar-refractivity contribution in [1.29, 1.82) is 0 Å². The van der Waals surface area contributed by atoms with Crippen molar-refractivity contribution in [2.45, 2.75) is 11.4 Å². The van der Waals surface area contributed by atoms with Crippen LogP contribution in [0.2, 0.25) is 5.02 Å². The molecular weight excluding hydrogens is 368 g/mol. The standard InChI is InChI=1S/C16H15ClN2O3S2/c1-18(2)24(21,22)12-7-8-14-15(9-12)23-16(20)19(14)10-11-5-3-4-6-13(11)17/h3-9H,10H2,1-2H3. The number of fused-ring (bicyclic) bond motifs is 1. The van der Waals surface area contributed by atoms with Crippen LogP contribution in [0.15, 0.2) is 52.2 Å². The average molecular weight is 383 g/mol. The predicted octanol–water partition coefficient (Wildman–Crippen LogP) is 3.02. The lowest BCUT2D eigenvalue weighted by Crippen LogP contribution is -2.22. The van der Waals surface area contributed by atoms with Gasteiger partial charge in [-0.05, 0) is 29.8 Å². The van der Waals surface area contributed by atoms with Gasteiger partial charge in [0, 0.05) is 19.1 Å². The van der Waals surface area contributed by atoms with Crippen LogP contribution < -0.4 is 4.87 Å². The van der Waals surface area contributed by atoms with Gasteiger partial charge in [0.25, 0.3) is 0 Å². The van der Waals surface area contributed by atoms with Gasteiger partial charge in [-0.15, -0.1) is 0 Å². The molecule has 1 heterocycles. The molecule has 0 N–H and O–H groups in total. The Balaban J connectivity index is 2.11. The number of sulfonamides is 1. The molecule has 2 aromatic carbocycles. The summed E-state index contributed by atoms with van der Waals surface area (Å²) < 4.78 is 27.9. The van der Waals surface area contributed by atoms with E-state index in [4.69, 9.17) is 11.6 Å². The van der Waals surface area contributed by atoms with Crippen molar-refractivity contribution in [2.24, 2.45) is 0 Å². The lowest BCUT2D eigenvalue weighted by atomic mass is 10.2. The molecule has 0 aliphatic carbocycles. The summed E-state index contributed by atoms with van der Waals surface area (Å²) in [6.07, 6.45) is 0. The zero-order valence-corrected chi connectivity index (χ0v) is 15.5. The van der Waals surface area contributed by atoms with E-state index in [9.17, 15) is 13.2 Å². The van der Waals surface area contributed by atoms with E-state index in [1.54, 1.807) is 22.8 Å². The van der Waals surface area contributed by atoms with E-state index >= 15 is 0 Å². The summed E-state index contributed by atoms with van der Waals surface area (Å²) in [5, 5.41) is 0.593. The third-order valence-electron chi connectivity index (χ3n) is 3.70. The van der Waals surface area contributed by atoms with Crippen LogP contribution in [-0.2, 0) is 16.6 Å². The summed E-state index contributed by atoms with van der Waals surface area (Å²) >= 11 is 7.19. The minimum atomic E-state index is -3.53. The normalized spacial score (nSPS) is 12.2. The Morgan fingerprint density at radius 1 is 1.17 bits per heavy atom. The van der Waals surface area contributed by atoms with E-state index in [0.29, 0.717) is 21.8 Å². The summed E-state index contributed by atoms with van der Waals surface area (Å²) in [6.45, 7) is 0.346. The summed E-state index contributed by atoms with van der Waals surface area (Å²) in [6, 6.07) is 12.1. The zero-order valence-electron chi connectivity index (χ0n) is 13.1. The molecule has 5 nitrogen and oxygen atoms in total. The van der Waals surface area contributed by atoms with Gasteiger partial charge in [-0.3, -0.25) is 9.36 Å². The van der Waals surface area contributed by atoms with Crippen LogP contribution in [-0.4, -0.2) is 31.4 Å². The number of hydrogen-bond donors (Lipinski definition) is 0. The number of benzene rings is 2. The second kappa shape index (κ2) is 6.33. The lowest BCUT2D eigenvalue weighted by Gasteiger charge is -2.11. The van der Waals surface area contributed by atoms with Crippen LogP contribution in [0.25, 0.3) is 10.2 Å². The molecule has 0 unspecified atom stereocenters. The van der Waals surface area contributed by atoms with Crippen molar-refractivity contribution < 1.29 is 8.42 Å². The number of thiazole rings is 1. The Kier molecular flexibility index (Phi) is 4.52. The van der Waals surface area contributed by atoms with E-state index in [1.807, 2.05) is 18.2 Å². The number of nitrogens with zero attached hydrogens (tertiary/aromatic N) is 2. The Morgan fingerprint density at radius 2 is 1.88 bits per heavy atom. The van der Waals surface area contributed by atoms with Crippen LogP contribution in [0, 0.1) is 0 Å². The maximum Gasteiger partial charge on any atom is 0.308 e. The van der Waals surface area contributed by atoms with E-state index in [-0.39, 0.29) is 9.77 Å². The molecule has 0 radical (unpaired) electrons. The number of aromatic nitrogens is 1. The summed E-state index contributed by atoms with van der Waals surface area (Å²) in [7, 11) is -0.576. The van der Waals surface area contributed by atoms with Gasteiger partial charge in [0.2, 0.25) is 10.0 Å². The van der Waals surface area contributed by atoms with Crippen LogP contribution >= 0.6 is 22.9 Å². The van der Waals surface area contributed by atoms with Gasteiger partial charge in [-0.1, -0.05) is 41.1 Å². The van der Waals surface area contributed by atoms with Crippen LogP contribution in [0.1, 0.15) is 5.56 Å². The van der Waals surface area contributed by atoms with E-state index < -0.39 is 10.0 Å². The van der Waals surface area contributed by atoms with E-state index in [2.05, 4.69) is 0 Å². The van der Waals surface area contributed by atoms with Crippen LogP contribution in [0.4, 0.5) is 0 Å². The molecule has 0 bridgehead atoms. The summed E-state index contributed by atoms with van der Waals surface area (Å²) in [5.41, 5.74) is 1.54. The van der Waals surface area contributed by atoms with Gasteiger partial charge in [0.05, 0.1) is 21.7 Å². The first kappa shape index (κ1) is 17.2. The maximum absolute atomic E-state index is 12.3. The maximum atomic E-state index is 12.3. The summed E-state index contributed by atoms with van der Waals surface area (Å²) in [5.74, 6) is 0. The largest absolute Gasteiger partial charge is 0.308 e. The Bertz CT molecular complexity index is 1070. The molecule has 0 aliphatic rings. The van der Waals surface area contributed by atoms with Crippen molar-refractivity contribution in [1.82, 2.24) is 8.87 Å². The molecule has 0 aliphatic heterocycles. The van der Waals surface area contributed by atoms with Gasteiger partial charge in [-0.2, -0.15) is 0 Å². The molecule has 1 aromatic heterocycles. The highest BCUT2D eigenvalue weighted by atomic mass is 35.5. The third-order valence-corrected chi connectivity index (χ3v) is 6.83. The highest BCUT2D eigenvalue weighted by molar-refractivity contribution is 7.89. The third kappa shape index (κ3) is 3.00. The first-order valence-corrected chi connectivity index (χ1v) is 9.73. The first-order valence-electron chi connectivity index (χ1n) is 7.10. The van der Waals surface area contributed by atoms with E-state index in [1.165, 1.54) is 20.2 Å². The van der Waals surface area contributed by atoms with Crippen LogP contribution in [0.5, 0.6) is 0 Å². The number of halogens is 1. The van der Waals surface area contributed by atoms with E-state index in [0.717, 1.165) is 21.2 Å². The second-order valence-corrected chi connectivity index (χ2v) is 9.01. The van der Waals surface area contributed by atoms with Crippen molar-refractivity contribution >= 4 is 43.2 Å². The molecule has 3 aromatic rings. The second-order valence-electron chi connectivity index (χ2n) is 5.46. The van der Waals surface area contributed by atoms with Gasteiger partial charge < -0.3 is 0 Å². The SMILES string of the molecule is CN(C)S(=O)(=O)c1ccc2c(c1)sc(=O)n2Cc1ccccc1Cl. The number of rotatable bonds is 4. The fourth-order valence-corrected chi connectivity index (χ4v) is 4.49. The van der Waals surface area contributed by atoms with Gasteiger partial charge in [-0.25, -0.2) is 12.7 Å². The van der Waals surface area contributed by atoms with Crippen molar-refractivity contribution in [3.05, 3.63) is 62.7 Å². The van der Waals surface area contributed by atoms with Crippen molar-refractivity contribution in [2.75, 3.05) is 14.1 Å². The average Bonchev–Trinajstić information content (AvgIpc) is 2.84. The Hall–Kier alpha value is -1.67. The van der Waals surface area contributed by atoms with Gasteiger partial charge in [0.15, 0.2) is 0 Å². The molecule has 0 fully saturated rings. The molecule has 0 saturated heterocycles. The predicted molar refractivity (Wildman–Crippen MR) is 97.5 cm³/mol. The van der Waals surface area contributed by atoms with Crippen LogP contribution in [0.3, 0.4) is 0 Å².